The maximum Gasteiger partial charge on any atom is 0.194 e. The molecule has 6 nitrogen and oxygen atoms in total. The minimum absolute atomic E-state index is 0. The van der Waals surface area contributed by atoms with Crippen LogP contribution in [0.25, 0.3) is 0 Å². The number of rotatable bonds is 8. The lowest BCUT2D eigenvalue weighted by Crippen LogP contribution is -2.52. The fraction of sp³-hybridized carbons (Fsp3) is 0.650. The fourth-order valence-electron chi connectivity index (χ4n) is 3.19. The Bertz CT molecular complexity index is 622. The minimum atomic E-state index is -0.554. The zero-order valence-corrected chi connectivity index (χ0v) is 19.6. The van der Waals surface area contributed by atoms with Gasteiger partial charge < -0.3 is 25.0 Å². The molecular weight excluding hydrogens is 491 g/mol. The summed E-state index contributed by atoms with van der Waals surface area (Å²) >= 11 is 6.32. The largest absolute Gasteiger partial charge is 0.389 e. The molecule has 1 aromatic rings. The third-order valence-electron chi connectivity index (χ3n) is 4.92. The number of benzene rings is 1. The monoisotopic (exact) mass is 522 g/mol. The van der Waals surface area contributed by atoms with Gasteiger partial charge in [0, 0.05) is 39.3 Å². The van der Waals surface area contributed by atoms with E-state index in [0.717, 1.165) is 56.0 Å². The van der Waals surface area contributed by atoms with E-state index in [0.29, 0.717) is 19.1 Å². The summed E-state index contributed by atoms with van der Waals surface area (Å²) in [5.74, 6) is 1.57. The average molecular weight is 523 g/mol. The van der Waals surface area contributed by atoms with Crippen LogP contribution in [0.3, 0.4) is 0 Å². The van der Waals surface area contributed by atoms with Crippen molar-refractivity contribution in [3.05, 3.63) is 29.3 Å². The van der Waals surface area contributed by atoms with Gasteiger partial charge in [-0.1, -0.05) is 23.7 Å². The number of nitrogens with one attached hydrogen (secondary N) is 1. The first-order valence-corrected chi connectivity index (χ1v) is 10.3. The Morgan fingerprint density at radius 3 is 2.64 bits per heavy atom. The Labute approximate surface area is 190 Å². The van der Waals surface area contributed by atoms with Crippen molar-refractivity contribution in [2.45, 2.75) is 25.9 Å². The second-order valence-corrected chi connectivity index (χ2v) is 7.66. The van der Waals surface area contributed by atoms with Crippen molar-refractivity contribution in [2.24, 2.45) is 10.9 Å². The molecule has 2 aliphatic rings. The highest BCUT2D eigenvalue weighted by atomic mass is 127. The number of piperazine rings is 1. The second-order valence-electron chi connectivity index (χ2n) is 7.25. The lowest BCUT2D eigenvalue weighted by Gasteiger charge is -2.38. The molecule has 1 aliphatic heterocycles. The van der Waals surface area contributed by atoms with Crippen LogP contribution in [-0.2, 0) is 4.74 Å². The highest BCUT2D eigenvalue weighted by Gasteiger charge is 2.22. The molecule has 1 saturated heterocycles. The Kier molecular flexibility index (Phi) is 10.1. The first-order chi connectivity index (χ1) is 13.2. The van der Waals surface area contributed by atoms with Gasteiger partial charge in [-0.25, -0.2) is 0 Å². The number of aliphatic hydroxyl groups excluding tert-OH is 1. The number of hydrogen-bond acceptors (Lipinski definition) is 4. The van der Waals surface area contributed by atoms with Crippen molar-refractivity contribution in [3.8, 4) is 0 Å². The van der Waals surface area contributed by atoms with Crippen molar-refractivity contribution < 1.29 is 9.84 Å². The van der Waals surface area contributed by atoms with Gasteiger partial charge in [0.15, 0.2) is 5.96 Å². The zero-order valence-electron chi connectivity index (χ0n) is 16.5. The zero-order chi connectivity index (χ0) is 19.1. The van der Waals surface area contributed by atoms with Crippen LogP contribution >= 0.6 is 35.6 Å². The number of ether oxygens (including phenoxy) is 1. The molecule has 1 heterocycles. The average Bonchev–Trinajstić information content (AvgIpc) is 3.50. The smallest absolute Gasteiger partial charge is 0.194 e. The summed E-state index contributed by atoms with van der Waals surface area (Å²) < 4.78 is 5.56. The molecule has 28 heavy (non-hydrogen) atoms. The van der Waals surface area contributed by atoms with Crippen molar-refractivity contribution >= 4 is 47.2 Å². The number of nitrogens with zero attached hydrogens (tertiary/aromatic N) is 3. The summed E-state index contributed by atoms with van der Waals surface area (Å²) in [7, 11) is 0. The van der Waals surface area contributed by atoms with Crippen molar-refractivity contribution in [2.75, 3.05) is 57.4 Å². The molecule has 0 spiro atoms. The Balaban J connectivity index is 0.00000280. The summed E-state index contributed by atoms with van der Waals surface area (Å²) in [6, 6.07) is 7.97. The summed E-state index contributed by atoms with van der Waals surface area (Å²) in [5.41, 5.74) is 1.09. The standard InChI is InChI=1S/C20H31ClN4O2.HI/c1-2-22-20(23-13-17(26)15-27-14-16-7-8-16)25-11-9-24(10-12-25)19-6-4-3-5-18(19)21;/h3-6,16-17,26H,2,7-15H2,1H3,(H,22,23);1H. The van der Waals surface area contributed by atoms with Crippen LogP contribution < -0.4 is 10.2 Å². The van der Waals surface area contributed by atoms with Gasteiger partial charge in [-0.05, 0) is 37.8 Å². The van der Waals surface area contributed by atoms with E-state index >= 15 is 0 Å². The number of hydrogen-bond donors (Lipinski definition) is 2. The molecule has 0 bridgehead atoms. The highest BCUT2D eigenvalue weighted by Crippen LogP contribution is 2.28. The summed E-state index contributed by atoms with van der Waals surface area (Å²) in [4.78, 5) is 9.18. The predicted molar refractivity (Wildman–Crippen MR) is 126 cm³/mol. The molecule has 2 N–H and O–H groups in total. The van der Waals surface area contributed by atoms with Crippen LogP contribution in [0.1, 0.15) is 19.8 Å². The molecular formula is C20H32ClIN4O2. The molecule has 1 atom stereocenters. The quantitative estimate of drug-likeness (QED) is 0.312. The molecule has 1 saturated carbocycles. The number of anilines is 1. The first kappa shape index (κ1) is 23.5. The van der Waals surface area contributed by atoms with E-state index in [2.05, 4.69) is 33.1 Å². The van der Waals surface area contributed by atoms with Crippen molar-refractivity contribution in [1.82, 2.24) is 10.2 Å². The summed E-state index contributed by atoms with van der Waals surface area (Å²) in [5, 5.41) is 14.2. The third kappa shape index (κ3) is 7.24. The third-order valence-corrected chi connectivity index (χ3v) is 5.24. The second kappa shape index (κ2) is 12.0. The summed E-state index contributed by atoms with van der Waals surface area (Å²) in [6.45, 7) is 7.86. The van der Waals surface area contributed by atoms with Gasteiger partial charge in [-0.15, -0.1) is 24.0 Å². The van der Waals surface area contributed by atoms with E-state index in [4.69, 9.17) is 16.3 Å². The normalized spacial score (nSPS) is 18.6. The van der Waals surface area contributed by atoms with Crippen LogP contribution in [0.5, 0.6) is 0 Å². The Hall–Kier alpha value is -0.770. The van der Waals surface area contributed by atoms with E-state index in [-0.39, 0.29) is 24.0 Å². The van der Waals surface area contributed by atoms with Gasteiger partial charge >= 0.3 is 0 Å². The Morgan fingerprint density at radius 2 is 2.00 bits per heavy atom. The van der Waals surface area contributed by atoms with Crippen molar-refractivity contribution in [3.63, 3.8) is 0 Å². The van der Waals surface area contributed by atoms with E-state index < -0.39 is 6.10 Å². The first-order valence-electron chi connectivity index (χ1n) is 9.96. The topological polar surface area (TPSA) is 60.3 Å². The van der Waals surface area contributed by atoms with Crippen LogP contribution in [-0.4, -0.2) is 74.6 Å². The molecule has 2 fully saturated rings. The van der Waals surface area contributed by atoms with Crippen LogP contribution in [0.4, 0.5) is 5.69 Å². The maximum absolute atomic E-state index is 10.1. The molecule has 3 rings (SSSR count). The van der Waals surface area contributed by atoms with E-state index in [9.17, 15) is 5.11 Å². The summed E-state index contributed by atoms with van der Waals surface area (Å²) in [6.07, 6.45) is 1.97. The number of aliphatic imine (C=N–C) groups is 1. The Morgan fingerprint density at radius 1 is 1.29 bits per heavy atom. The number of halogens is 2. The van der Waals surface area contributed by atoms with Crippen LogP contribution in [0, 0.1) is 5.92 Å². The number of aliphatic hydroxyl groups is 1. The van der Waals surface area contributed by atoms with Gasteiger partial charge in [-0.2, -0.15) is 0 Å². The number of para-hydroxylation sites is 1. The highest BCUT2D eigenvalue weighted by molar-refractivity contribution is 14.0. The van der Waals surface area contributed by atoms with Gasteiger partial charge in [-0.3, -0.25) is 4.99 Å². The van der Waals surface area contributed by atoms with Crippen molar-refractivity contribution in [1.29, 1.82) is 0 Å². The van der Waals surface area contributed by atoms with E-state index in [1.807, 2.05) is 18.2 Å². The lowest BCUT2D eigenvalue weighted by atomic mass is 10.2. The maximum atomic E-state index is 10.1. The van der Waals surface area contributed by atoms with Crippen LogP contribution in [0.15, 0.2) is 29.3 Å². The number of guanidine groups is 1. The fourth-order valence-corrected chi connectivity index (χ4v) is 3.45. The van der Waals surface area contributed by atoms with Gasteiger partial charge in [0.2, 0.25) is 0 Å². The van der Waals surface area contributed by atoms with Crippen LogP contribution in [0.2, 0.25) is 5.02 Å². The van der Waals surface area contributed by atoms with Gasteiger partial charge in [0.05, 0.1) is 30.0 Å². The van der Waals surface area contributed by atoms with E-state index in [1.165, 1.54) is 12.8 Å². The van der Waals surface area contributed by atoms with Gasteiger partial charge in [0.25, 0.3) is 0 Å². The molecule has 0 amide bonds. The molecule has 1 aliphatic carbocycles. The molecule has 0 aromatic heterocycles. The molecule has 1 unspecified atom stereocenters. The molecule has 0 radical (unpaired) electrons. The predicted octanol–water partition coefficient (Wildman–Crippen LogP) is 2.83. The molecule has 8 heteroatoms. The molecule has 158 valence electrons. The minimum Gasteiger partial charge on any atom is -0.389 e. The van der Waals surface area contributed by atoms with Gasteiger partial charge in [0.1, 0.15) is 0 Å². The van der Waals surface area contributed by atoms with E-state index in [1.54, 1.807) is 0 Å². The SMILES string of the molecule is CCNC(=NCC(O)COCC1CC1)N1CCN(c2ccccc2Cl)CC1.I. The molecule has 1 aromatic carbocycles. The lowest BCUT2D eigenvalue weighted by molar-refractivity contribution is 0.0367.